The van der Waals surface area contributed by atoms with Crippen molar-refractivity contribution in [2.24, 2.45) is 0 Å². The summed E-state index contributed by atoms with van der Waals surface area (Å²) < 4.78 is 9.65. The second-order valence-corrected chi connectivity index (χ2v) is 5.72. The van der Waals surface area contributed by atoms with Crippen LogP contribution in [0.1, 0.15) is 32.4 Å². The minimum atomic E-state index is -1.61. The van der Waals surface area contributed by atoms with Crippen molar-refractivity contribution in [1.82, 2.24) is 5.32 Å². The van der Waals surface area contributed by atoms with Crippen molar-refractivity contribution in [2.45, 2.75) is 38.5 Å². The number of carbonyl (C=O) groups excluding carboxylic acids is 2. The van der Waals surface area contributed by atoms with Crippen molar-refractivity contribution < 1.29 is 24.2 Å². The molecule has 0 fully saturated rings. The number of nitrogens with two attached hydrogens (primary N) is 1. The molecule has 0 radical (unpaired) electrons. The van der Waals surface area contributed by atoms with Crippen molar-refractivity contribution in [3.8, 4) is 0 Å². The number of nitrogen functional groups attached to an aromatic ring is 1. The summed E-state index contributed by atoms with van der Waals surface area (Å²) in [5.41, 5.74) is 5.85. The number of benzene rings is 1. The molecule has 0 aromatic heterocycles. The zero-order chi connectivity index (χ0) is 16.9. The molecule has 0 saturated carbocycles. The topological polar surface area (TPSA) is 111 Å². The number of amides is 1. The number of rotatable bonds is 4. The fourth-order valence-electron chi connectivity index (χ4n) is 1.81. The van der Waals surface area contributed by atoms with Crippen molar-refractivity contribution in [3.05, 3.63) is 29.8 Å². The van der Waals surface area contributed by atoms with E-state index >= 15 is 0 Å². The second-order valence-electron chi connectivity index (χ2n) is 5.72. The van der Waals surface area contributed by atoms with Gasteiger partial charge < -0.3 is 25.6 Å². The highest BCUT2D eigenvalue weighted by Crippen LogP contribution is 2.24. The average molecular weight is 310 g/mol. The summed E-state index contributed by atoms with van der Waals surface area (Å²) in [6.07, 6.45) is -2.38. The molecule has 7 nitrogen and oxygen atoms in total. The van der Waals surface area contributed by atoms with E-state index in [9.17, 15) is 14.7 Å². The first-order valence-corrected chi connectivity index (χ1v) is 6.75. The summed E-state index contributed by atoms with van der Waals surface area (Å²) in [6.45, 7) is 5.11. The Morgan fingerprint density at radius 1 is 1.27 bits per heavy atom. The van der Waals surface area contributed by atoms with Crippen LogP contribution in [-0.2, 0) is 14.3 Å². The van der Waals surface area contributed by atoms with E-state index in [1.807, 2.05) is 0 Å². The zero-order valence-electron chi connectivity index (χ0n) is 13.1. The summed E-state index contributed by atoms with van der Waals surface area (Å²) in [5.74, 6) is -0.885. The van der Waals surface area contributed by atoms with Gasteiger partial charge in [-0.05, 0) is 26.8 Å². The number of alkyl carbamates (subject to hydrolysis) is 1. The Hall–Kier alpha value is -2.28. The first-order chi connectivity index (χ1) is 10.2. The molecule has 0 aliphatic carbocycles. The molecule has 2 atom stereocenters. The number of nitrogens with one attached hydrogen (secondary N) is 1. The van der Waals surface area contributed by atoms with E-state index in [-0.39, 0.29) is 0 Å². The highest BCUT2D eigenvalue weighted by Gasteiger charge is 2.32. The van der Waals surface area contributed by atoms with Crippen LogP contribution < -0.4 is 11.1 Å². The second kappa shape index (κ2) is 7.13. The van der Waals surface area contributed by atoms with E-state index in [4.69, 9.17) is 10.5 Å². The van der Waals surface area contributed by atoms with Crippen LogP contribution in [0.2, 0.25) is 0 Å². The number of esters is 1. The number of methoxy groups -OCH3 is 1. The van der Waals surface area contributed by atoms with E-state index in [0.717, 1.165) is 7.11 Å². The number of hydrogen-bond donors (Lipinski definition) is 3. The monoisotopic (exact) mass is 310 g/mol. The van der Waals surface area contributed by atoms with Gasteiger partial charge in [0.25, 0.3) is 0 Å². The van der Waals surface area contributed by atoms with Crippen molar-refractivity contribution in [2.75, 3.05) is 12.8 Å². The SMILES string of the molecule is COC(=O)[C@H](O)[C@H](NC(=O)OC(C)(C)C)c1ccccc1N. The van der Waals surface area contributed by atoms with E-state index in [0.29, 0.717) is 11.3 Å². The van der Waals surface area contributed by atoms with Crippen molar-refractivity contribution >= 4 is 17.7 Å². The molecule has 4 N–H and O–H groups in total. The first kappa shape index (κ1) is 17.8. The van der Waals surface area contributed by atoms with E-state index in [1.165, 1.54) is 0 Å². The van der Waals surface area contributed by atoms with Crippen LogP contribution in [-0.4, -0.2) is 36.0 Å². The summed E-state index contributed by atoms with van der Waals surface area (Å²) in [4.78, 5) is 23.5. The highest BCUT2D eigenvalue weighted by molar-refractivity contribution is 5.78. The van der Waals surface area contributed by atoms with Crippen LogP contribution in [0, 0.1) is 0 Å². The lowest BCUT2D eigenvalue weighted by molar-refractivity contribution is -0.152. The molecule has 22 heavy (non-hydrogen) atoms. The molecule has 7 heteroatoms. The maximum Gasteiger partial charge on any atom is 0.408 e. The third-order valence-electron chi connectivity index (χ3n) is 2.76. The molecule has 122 valence electrons. The number of para-hydroxylation sites is 1. The molecule has 0 saturated heterocycles. The molecular formula is C15H22N2O5. The number of ether oxygens (including phenoxy) is 2. The largest absolute Gasteiger partial charge is 0.467 e. The minimum Gasteiger partial charge on any atom is -0.467 e. The van der Waals surface area contributed by atoms with Crippen LogP contribution >= 0.6 is 0 Å². The Morgan fingerprint density at radius 2 is 1.86 bits per heavy atom. The standard InChI is InChI=1S/C15H22N2O5/c1-15(2,3)22-14(20)17-11(12(18)13(19)21-4)9-7-5-6-8-10(9)16/h5-8,11-12,18H,16H2,1-4H3,(H,17,20)/t11-,12-/m1/s1. The molecule has 1 aromatic carbocycles. The number of carbonyl (C=O) groups is 2. The fourth-order valence-corrected chi connectivity index (χ4v) is 1.81. The molecule has 0 spiro atoms. The summed E-state index contributed by atoms with van der Waals surface area (Å²) >= 11 is 0. The zero-order valence-corrected chi connectivity index (χ0v) is 13.1. The van der Waals surface area contributed by atoms with Gasteiger partial charge in [-0.1, -0.05) is 18.2 Å². The van der Waals surface area contributed by atoms with Gasteiger partial charge in [0, 0.05) is 11.3 Å². The average Bonchev–Trinajstić information content (AvgIpc) is 2.42. The van der Waals surface area contributed by atoms with Gasteiger partial charge in [0.2, 0.25) is 0 Å². The lowest BCUT2D eigenvalue weighted by Gasteiger charge is -2.26. The van der Waals surface area contributed by atoms with Crippen molar-refractivity contribution in [3.63, 3.8) is 0 Å². The lowest BCUT2D eigenvalue weighted by atomic mass is 9.99. The molecule has 1 aromatic rings. The highest BCUT2D eigenvalue weighted by atomic mass is 16.6. The molecule has 1 amide bonds. The maximum atomic E-state index is 11.9. The summed E-state index contributed by atoms with van der Waals surface area (Å²) in [5, 5.41) is 12.6. The quantitative estimate of drug-likeness (QED) is 0.572. The summed E-state index contributed by atoms with van der Waals surface area (Å²) in [7, 11) is 1.14. The van der Waals surface area contributed by atoms with Crippen LogP contribution in [0.5, 0.6) is 0 Å². The Labute approximate surface area is 129 Å². The van der Waals surface area contributed by atoms with Gasteiger partial charge in [0.05, 0.1) is 13.2 Å². The predicted octanol–water partition coefficient (Wildman–Crippen LogP) is 1.37. The molecule has 0 aliphatic heterocycles. The van der Waals surface area contributed by atoms with Gasteiger partial charge >= 0.3 is 12.1 Å². The smallest absolute Gasteiger partial charge is 0.408 e. The molecule has 0 bridgehead atoms. The third kappa shape index (κ3) is 4.92. The van der Waals surface area contributed by atoms with Gasteiger partial charge in [0.1, 0.15) is 5.60 Å². The Balaban J connectivity index is 3.05. The van der Waals surface area contributed by atoms with E-state index in [1.54, 1.807) is 45.0 Å². The van der Waals surface area contributed by atoms with Crippen LogP contribution in [0.3, 0.4) is 0 Å². The van der Waals surface area contributed by atoms with Crippen LogP contribution in [0.15, 0.2) is 24.3 Å². The molecular weight excluding hydrogens is 288 g/mol. The van der Waals surface area contributed by atoms with Gasteiger partial charge in [0.15, 0.2) is 6.10 Å². The molecule has 0 heterocycles. The third-order valence-corrected chi connectivity index (χ3v) is 2.76. The van der Waals surface area contributed by atoms with Gasteiger partial charge in [-0.25, -0.2) is 9.59 Å². The van der Waals surface area contributed by atoms with E-state index < -0.39 is 29.8 Å². The van der Waals surface area contributed by atoms with Crippen LogP contribution in [0.4, 0.5) is 10.5 Å². The van der Waals surface area contributed by atoms with Gasteiger partial charge in [-0.2, -0.15) is 0 Å². The van der Waals surface area contributed by atoms with Crippen LogP contribution in [0.25, 0.3) is 0 Å². The number of anilines is 1. The Bertz CT molecular complexity index is 539. The lowest BCUT2D eigenvalue weighted by Crippen LogP contribution is -2.43. The maximum absolute atomic E-state index is 11.9. The van der Waals surface area contributed by atoms with Crippen molar-refractivity contribution in [1.29, 1.82) is 0 Å². The summed E-state index contributed by atoms with van der Waals surface area (Å²) in [6, 6.07) is 5.50. The molecule has 0 aliphatic rings. The first-order valence-electron chi connectivity index (χ1n) is 6.75. The van der Waals surface area contributed by atoms with Gasteiger partial charge in [-0.3, -0.25) is 0 Å². The number of hydrogen-bond acceptors (Lipinski definition) is 6. The fraction of sp³-hybridized carbons (Fsp3) is 0.467. The van der Waals surface area contributed by atoms with E-state index in [2.05, 4.69) is 10.1 Å². The molecule has 1 rings (SSSR count). The number of aliphatic hydroxyl groups is 1. The predicted molar refractivity (Wildman–Crippen MR) is 81.0 cm³/mol. The minimum absolute atomic E-state index is 0.325. The van der Waals surface area contributed by atoms with Gasteiger partial charge in [-0.15, -0.1) is 0 Å². The molecule has 0 unspecified atom stereocenters. The normalized spacial score (nSPS) is 13.9. The Kier molecular flexibility index (Phi) is 5.76. The number of aliphatic hydroxyl groups excluding tert-OH is 1. The Morgan fingerprint density at radius 3 is 2.36 bits per heavy atom.